The predicted molar refractivity (Wildman–Crippen MR) is 23.3 cm³/mol. The molecule has 0 unspecified atom stereocenters. The molecule has 0 aromatic heterocycles. The van der Waals surface area contributed by atoms with Crippen LogP contribution < -0.4 is 0 Å². The standard InChI is InChI=1S/C4H9O2/c1-2-6-4-3-5/h5H,1-4H2. The Bertz CT molecular complexity index is 17.5. The number of hydrogen-bond acceptors (Lipinski definition) is 2. The van der Waals surface area contributed by atoms with Crippen LogP contribution in [-0.4, -0.2) is 24.9 Å². The molecule has 1 N–H and O–H groups in total. The third-order valence-electron chi connectivity index (χ3n) is 0.380. The molecule has 2 nitrogen and oxygen atoms in total. The van der Waals surface area contributed by atoms with E-state index in [2.05, 4.69) is 11.7 Å². The minimum absolute atomic E-state index is 0.0928. The van der Waals surface area contributed by atoms with Gasteiger partial charge in [-0.2, -0.15) is 0 Å². The van der Waals surface area contributed by atoms with Gasteiger partial charge in [0.1, 0.15) is 0 Å². The summed E-state index contributed by atoms with van der Waals surface area (Å²) in [6.07, 6.45) is 0. The molecule has 0 rings (SSSR count). The van der Waals surface area contributed by atoms with Gasteiger partial charge in [0.2, 0.25) is 0 Å². The van der Waals surface area contributed by atoms with E-state index >= 15 is 0 Å². The van der Waals surface area contributed by atoms with Crippen molar-refractivity contribution in [1.82, 2.24) is 0 Å². The van der Waals surface area contributed by atoms with Crippen LogP contribution in [0.3, 0.4) is 0 Å². The van der Waals surface area contributed by atoms with Gasteiger partial charge in [0.05, 0.1) is 13.2 Å². The summed E-state index contributed by atoms with van der Waals surface area (Å²) in [7, 11) is 0. The van der Waals surface area contributed by atoms with Gasteiger partial charge in [-0.25, -0.2) is 0 Å². The van der Waals surface area contributed by atoms with Crippen LogP contribution in [0.25, 0.3) is 0 Å². The first-order chi connectivity index (χ1) is 2.91. The molecule has 0 aromatic rings. The van der Waals surface area contributed by atoms with E-state index < -0.39 is 0 Å². The molecular formula is C4H9O2. The average Bonchev–Trinajstić information content (AvgIpc) is 1.61. The van der Waals surface area contributed by atoms with E-state index in [-0.39, 0.29) is 6.61 Å². The molecule has 37 valence electrons. The zero-order valence-electron chi connectivity index (χ0n) is 3.68. The Morgan fingerprint density at radius 1 is 1.67 bits per heavy atom. The lowest BCUT2D eigenvalue weighted by Gasteiger charge is -1.91. The first-order valence-electron chi connectivity index (χ1n) is 1.89. The summed E-state index contributed by atoms with van der Waals surface area (Å²) in [4.78, 5) is 0. The Morgan fingerprint density at radius 2 is 2.33 bits per heavy atom. The number of hydrogen-bond donors (Lipinski definition) is 1. The topological polar surface area (TPSA) is 29.5 Å². The molecular weight excluding hydrogens is 80.0 g/mol. The molecule has 0 aliphatic heterocycles. The fourth-order valence-corrected chi connectivity index (χ4v) is 0.167. The van der Waals surface area contributed by atoms with Crippen molar-refractivity contribution in [3.63, 3.8) is 0 Å². The lowest BCUT2D eigenvalue weighted by molar-refractivity contribution is 0.111. The zero-order chi connectivity index (χ0) is 4.83. The number of aliphatic hydroxyl groups excluding tert-OH is 1. The summed E-state index contributed by atoms with van der Waals surface area (Å²) in [5, 5.41) is 8.04. The van der Waals surface area contributed by atoms with E-state index in [1.54, 1.807) is 0 Å². The average molecular weight is 89.1 g/mol. The predicted octanol–water partition coefficient (Wildman–Crippen LogP) is -0.171. The molecule has 0 saturated heterocycles. The smallest absolute Gasteiger partial charge is 0.0697 e. The summed E-state index contributed by atoms with van der Waals surface area (Å²) in [6, 6.07) is 0. The molecule has 0 fully saturated rings. The van der Waals surface area contributed by atoms with Gasteiger partial charge in [-0.3, -0.25) is 0 Å². The van der Waals surface area contributed by atoms with Crippen LogP contribution in [0.5, 0.6) is 0 Å². The number of ether oxygens (including phenoxy) is 1. The summed E-state index contributed by atoms with van der Waals surface area (Å²) in [5.41, 5.74) is 0. The normalized spacial score (nSPS) is 9.00. The van der Waals surface area contributed by atoms with E-state index in [9.17, 15) is 0 Å². The summed E-state index contributed by atoms with van der Waals surface area (Å²) in [6.45, 7) is 4.33. The van der Waals surface area contributed by atoms with Gasteiger partial charge in [0.15, 0.2) is 0 Å². The molecule has 0 saturated carbocycles. The maximum Gasteiger partial charge on any atom is 0.0697 e. The van der Waals surface area contributed by atoms with Crippen molar-refractivity contribution in [3.8, 4) is 0 Å². The van der Waals surface area contributed by atoms with Crippen molar-refractivity contribution in [2.45, 2.75) is 0 Å². The van der Waals surface area contributed by atoms with Crippen LogP contribution >= 0.6 is 0 Å². The Balaban J connectivity index is 2.34. The SMILES string of the molecule is [CH2]COCCO. The van der Waals surface area contributed by atoms with Gasteiger partial charge < -0.3 is 9.84 Å². The quantitative estimate of drug-likeness (QED) is 0.486. The fraction of sp³-hybridized carbons (Fsp3) is 0.750. The van der Waals surface area contributed by atoms with Crippen LogP contribution in [0.15, 0.2) is 0 Å². The van der Waals surface area contributed by atoms with Crippen LogP contribution in [0.2, 0.25) is 0 Å². The molecule has 2 heteroatoms. The van der Waals surface area contributed by atoms with Crippen molar-refractivity contribution in [1.29, 1.82) is 0 Å². The molecule has 0 aliphatic carbocycles. The Labute approximate surface area is 37.7 Å². The second kappa shape index (κ2) is 4.92. The monoisotopic (exact) mass is 89.1 g/mol. The van der Waals surface area contributed by atoms with Gasteiger partial charge in [-0.1, -0.05) is 0 Å². The van der Waals surface area contributed by atoms with Crippen molar-refractivity contribution < 1.29 is 9.84 Å². The molecule has 0 bridgehead atoms. The summed E-state index contributed by atoms with van der Waals surface area (Å²) >= 11 is 0. The molecule has 6 heavy (non-hydrogen) atoms. The third-order valence-corrected chi connectivity index (χ3v) is 0.380. The molecule has 0 heterocycles. The first-order valence-corrected chi connectivity index (χ1v) is 1.89. The van der Waals surface area contributed by atoms with Gasteiger partial charge in [0, 0.05) is 6.61 Å². The number of aliphatic hydroxyl groups is 1. The van der Waals surface area contributed by atoms with Crippen LogP contribution in [0, 0.1) is 6.92 Å². The highest BCUT2D eigenvalue weighted by atomic mass is 16.5. The minimum Gasteiger partial charge on any atom is -0.394 e. The van der Waals surface area contributed by atoms with Crippen molar-refractivity contribution in [3.05, 3.63) is 6.92 Å². The Kier molecular flexibility index (Phi) is 4.85. The van der Waals surface area contributed by atoms with Gasteiger partial charge in [0.25, 0.3) is 0 Å². The van der Waals surface area contributed by atoms with E-state index in [1.165, 1.54) is 0 Å². The van der Waals surface area contributed by atoms with Crippen molar-refractivity contribution in [2.24, 2.45) is 0 Å². The fourth-order valence-electron chi connectivity index (χ4n) is 0.167. The second-order valence-electron chi connectivity index (χ2n) is 0.836. The van der Waals surface area contributed by atoms with Gasteiger partial charge in [-0.15, -0.1) is 0 Å². The molecule has 0 amide bonds. The van der Waals surface area contributed by atoms with E-state index in [0.717, 1.165) is 0 Å². The van der Waals surface area contributed by atoms with Crippen LogP contribution in [0.4, 0.5) is 0 Å². The largest absolute Gasteiger partial charge is 0.394 e. The highest BCUT2D eigenvalue weighted by molar-refractivity contribution is 4.28. The van der Waals surface area contributed by atoms with Crippen LogP contribution in [-0.2, 0) is 4.74 Å². The molecule has 0 atom stereocenters. The highest BCUT2D eigenvalue weighted by Gasteiger charge is 1.73. The van der Waals surface area contributed by atoms with Crippen molar-refractivity contribution in [2.75, 3.05) is 19.8 Å². The molecule has 0 aromatic carbocycles. The van der Waals surface area contributed by atoms with E-state index in [4.69, 9.17) is 5.11 Å². The zero-order valence-corrected chi connectivity index (χ0v) is 3.68. The number of rotatable bonds is 3. The van der Waals surface area contributed by atoms with E-state index in [1.807, 2.05) is 0 Å². The lowest BCUT2D eigenvalue weighted by Crippen LogP contribution is -1.96. The highest BCUT2D eigenvalue weighted by Crippen LogP contribution is 1.66. The van der Waals surface area contributed by atoms with Crippen molar-refractivity contribution >= 4 is 0 Å². The first kappa shape index (κ1) is 5.92. The minimum atomic E-state index is 0.0928. The summed E-state index contributed by atoms with van der Waals surface area (Å²) < 4.78 is 4.62. The Hall–Kier alpha value is -0.0800. The third kappa shape index (κ3) is 3.92. The van der Waals surface area contributed by atoms with Gasteiger partial charge in [-0.05, 0) is 6.92 Å². The second-order valence-corrected chi connectivity index (χ2v) is 0.836. The maximum absolute atomic E-state index is 8.04. The van der Waals surface area contributed by atoms with Crippen LogP contribution in [0.1, 0.15) is 0 Å². The molecule has 0 aliphatic rings. The molecule has 0 spiro atoms. The van der Waals surface area contributed by atoms with Gasteiger partial charge >= 0.3 is 0 Å². The Morgan fingerprint density at radius 3 is 2.50 bits per heavy atom. The van der Waals surface area contributed by atoms with E-state index in [0.29, 0.717) is 13.2 Å². The maximum atomic E-state index is 8.04. The molecule has 1 radical (unpaired) electrons. The lowest BCUT2D eigenvalue weighted by atomic mass is 10.8. The summed E-state index contributed by atoms with van der Waals surface area (Å²) in [5.74, 6) is 0.